The third-order valence-corrected chi connectivity index (χ3v) is 7.63. The Morgan fingerprint density at radius 1 is 1.14 bits per heavy atom. The number of sulfone groups is 1. The first-order valence-electron chi connectivity index (χ1n) is 12.5. The zero-order valence-electron chi connectivity index (χ0n) is 21.3. The van der Waals surface area contributed by atoms with Gasteiger partial charge in [0.05, 0.1) is 17.0 Å². The second-order valence-corrected chi connectivity index (χ2v) is 11.1. The molecule has 0 saturated carbocycles. The standard InChI is InChI=1S/C28H37N3O4S/c1-4-21-35-29-27(24-9-7-6-8-10-24)17-20-30-18-15-25(16-19-30)31(5-2)28(32)22-23-11-13-26(14-12-23)36(3,33)34/h4,6-14,25H,1,5,15-22H2,2-3H3/b29-27+. The number of hydrogen-bond acceptors (Lipinski definition) is 6. The first kappa shape index (κ1) is 27.6. The summed E-state index contributed by atoms with van der Waals surface area (Å²) in [5, 5.41) is 4.34. The maximum atomic E-state index is 13.1. The fourth-order valence-electron chi connectivity index (χ4n) is 4.53. The fraction of sp³-hybridized carbons (Fsp3) is 0.429. The van der Waals surface area contributed by atoms with Gasteiger partial charge in [-0.05, 0) is 43.0 Å². The number of nitrogens with zero attached hydrogens (tertiary/aromatic N) is 3. The van der Waals surface area contributed by atoms with Crippen molar-refractivity contribution in [2.24, 2.45) is 5.16 Å². The summed E-state index contributed by atoms with van der Waals surface area (Å²) in [6.45, 7) is 9.46. The van der Waals surface area contributed by atoms with E-state index in [0.29, 0.717) is 13.2 Å². The van der Waals surface area contributed by atoms with Crippen molar-refractivity contribution in [1.82, 2.24) is 9.80 Å². The van der Waals surface area contributed by atoms with E-state index in [0.717, 1.165) is 55.7 Å². The Hall–Kier alpha value is -2.97. The smallest absolute Gasteiger partial charge is 0.227 e. The topological polar surface area (TPSA) is 79.3 Å². The number of rotatable bonds is 12. The fourth-order valence-corrected chi connectivity index (χ4v) is 5.16. The van der Waals surface area contributed by atoms with Crippen LogP contribution in [0.15, 0.2) is 77.3 Å². The van der Waals surface area contributed by atoms with E-state index in [2.05, 4.69) is 16.6 Å². The maximum Gasteiger partial charge on any atom is 0.227 e. The molecule has 1 aliphatic rings. The van der Waals surface area contributed by atoms with Gasteiger partial charge in [-0.3, -0.25) is 4.79 Å². The predicted octanol–water partition coefficient (Wildman–Crippen LogP) is 3.94. The number of benzene rings is 2. The van der Waals surface area contributed by atoms with Crippen LogP contribution in [-0.2, 0) is 25.9 Å². The summed E-state index contributed by atoms with van der Waals surface area (Å²) in [5.41, 5.74) is 2.81. The third kappa shape index (κ3) is 8.03. The maximum absolute atomic E-state index is 13.1. The van der Waals surface area contributed by atoms with Gasteiger partial charge in [-0.1, -0.05) is 60.3 Å². The van der Waals surface area contributed by atoms with Crippen LogP contribution < -0.4 is 0 Å². The number of hydrogen-bond donors (Lipinski definition) is 0. The average Bonchev–Trinajstić information content (AvgIpc) is 2.87. The molecular weight excluding hydrogens is 474 g/mol. The average molecular weight is 512 g/mol. The van der Waals surface area contributed by atoms with E-state index in [9.17, 15) is 13.2 Å². The van der Waals surface area contributed by atoms with Crippen LogP contribution in [0.3, 0.4) is 0 Å². The second kappa shape index (κ2) is 13.4. The van der Waals surface area contributed by atoms with Gasteiger partial charge in [0.25, 0.3) is 0 Å². The highest BCUT2D eigenvalue weighted by Crippen LogP contribution is 2.19. The minimum Gasteiger partial charge on any atom is -0.391 e. The second-order valence-electron chi connectivity index (χ2n) is 9.08. The number of piperidine rings is 1. The minimum atomic E-state index is -3.24. The van der Waals surface area contributed by atoms with Gasteiger partial charge in [-0.2, -0.15) is 0 Å². The number of carbonyl (C=O) groups is 1. The van der Waals surface area contributed by atoms with E-state index in [1.807, 2.05) is 42.2 Å². The van der Waals surface area contributed by atoms with Crippen LogP contribution >= 0.6 is 0 Å². The molecule has 1 saturated heterocycles. The van der Waals surface area contributed by atoms with Gasteiger partial charge in [0.2, 0.25) is 5.91 Å². The van der Waals surface area contributed by atoms with Gasteiger partial charge in [0.15, 0.2) is 9.84 Å². The van der Waals surface area contributed by atoms with Gasteiger partial charge in [0.1, 0.15) is 6.61 Å². The quantitative estimate of drug-likeness (QED) is 0.187. The van der Waals surface area contributed by atoms with E-state index in [1.165, 1.54) is 6.26 Å². The molecule has 0 aliphatic carbocycles. The lowest BCUT2D eigenvalue weighted by molar-refractivity contribution is -0.133. The number of carbonyl (C=O) groups excluding carboxylic acids is 1. The van der Waals surface area contributed by atoms with Crippen LogP contribution in [0.4, 0.5) is 0 Å². The molecule has 0 aromatic heterocycles. The van der Waals surface area contributed by atoms with Crippen molar-refractivity contribution >= 4 is 21.5 Å². The van der Waals surface area contributed by atoms with Crippen LogP contribution in [0.25, 0.3) is 0 Å². The van der Waals surface area contributed by atoms with E-state index >= 15 is 0 Å². The molecule has 7 nitrogen and oxygen atoms in total. The van der Waals surface area contributed by atoms with Crippen LogP contribution in [0.5, 0.6) is 0 Å². The zero-order valence-corrected chi connectivity index (χ0v) is 22.1. The van der Waals surface area contributed by atoms with Crippen molar-refractivity contribution in [3.05, 3.63) is 78.4 Å². The van der Waals surface area contributed by atoms with Crippen LogP contribution in [-0.4, -0.2) is 74.9 Å². The highest BCUT2D eigenvalue weighted by molar-refractivity contribution is 7.90. The molecule has 1 heterocycles. The Morgan fingerprint density at radius 3 is 2.39 bits per heavy atom. The molecule has 8 heteroatoms. The van der Waals surface area contributed by atoms with Gasteiger partial charge >= 0.3 is 0 Å². The Kier molecular flexibility index (Phi) is 10.3. The summed E-state index contributed by atoms with van der Waals surface area (Å²) in [5.74, 6) is 0.0842. The Morgan fingerprint density at radius 2 is 1.81 bits per heavy atom. The molecule has 1 amide bonds. The number of amides is 1. The highest BCUT2D eigenvalue weighted by Gasteiger charge is 2.27. The summed E-state index contributed by atoms with van der Waals surface area (Å²) in [4.78, 5) is 23.1. The molecule has 0 spiro atoms. The summed E-state index contributed by atoms with van der Waals surface area (Å²) in [7, 11) is -3.24. The first-order valence-corrected chi connectivity index (χ1v) is 14.4. The van der Waals surface area contributed by atoms with E-state index in [-0.39, 0.29) is 23.3 Å². The number of oxime groups is 1. The third-order valence-electron chi connectivity index (χ3n) is 6.50. The molecule has 0 atom stereocenters. The van der Waals surface area contributed by atoms with Crippen molar-refractivity contribution < 1.29 is 18.0 Å². The highest BCUT2D eigenvalue weighted by atomic mass is 32.2. The molecule has 3 rings (SSSR count). The molecule has 2 aromatic rings. The number of likely N-dealkylation sites (tertiary alicyclic amines) is 1. The SMILES string of the molecule is C=CCO/N=C(\CCN1CCC(N(CC)C(=O)Cc2ccc(S(C)(=O)=O)cc2)CC1)c1ccccc1. The van der Waals surface area contributed by atoms with Crippen LogP contribution in [0.1, 0.15) is 37.3 Å². The molecule has 1 fully saturated rings. The van der Waals surface area contributed by atoms with Crippen molar-refractivity contribution in [3.63, 3.8) is 0 Å². The van der Waals surface area contributed by atoms with Gasteiger partial charge in [0, 0.05) is 44.9 Å². The molecular formula is C28H37N3O4S. The molecule has 194 valence electrons. The zero-order chi connectivity index (χ0) is 26.0. The lowest BCUT2D eigenvalue weighted by atomic mass is 10.0. The van der Waals surface area contributed by atoms with Crippen molar-refractivity contribution in [1.29, 1.82) is 0 Å². The molecule has 0 bridgehead atoms. The van der Waals surface area contributed by atoms with E-state index in [4.69, 9.17) is 4.84 Å². The normalized spacial score (nSPS) is 15.4. The Labute approximate surface area is 215 Å². The largest absolute Gasteiger partial charge is 0.391 e. The molecule has 36 heavy (non-hydrogen) atoms. The molecule has 0 unspecified atom stereocenters. The van der Waals surface area contributed by atoms with Gasteiger partial charge < -0.3 is 14.6 Å². The lowest BCUT2D eigenvalue weighted by Crippen LogP contribution is -2.48. The van der Waals surface area contributed by atoms with Crippen LogP contribution in [0, 0.1) is 0 Å². The summed E-state index contributed by atoms with van der Waals surface area (Å²) < 4.78 is 23.3. The number of likely N-dealkylation sites (N-methyl/N-ethyl adjacent to an activating group) is 1. The molecule has 1 aliphatic heterocycles. The Bertz CT molecular complexity index is 1120. The van der Waals surface area contributed by atoms with E-state index in [1.54, 1.807) is 30.3 Å². The van der Waals surface area contributed by atoms with Crippen molar-refractivity contribution in [3.8, 4) is 0 Å². The molecule has 0 radical (unpaired) electrons. The Balaban J connectivity index is 1.52. The van der Waals surface area contributed by atoms with E-state index < -0.39 is 9.84 Å². The first-order chi connectivity index (χ1) is 17.3. The summed E-state index contributed by atoms with van der Waals surface area (Å²) in [6.07, 6.45) is 5.78. The van der Waals surface area contributed by atoms with Gasteiger partial charge in [-0.25, -0.2) is 8.42 Å². The molecule has 0 N–H and O–H groups in total. The van der Waals surface area contributed by atoms with Gasteiger partial charge in [-0.15, -0.1) is 0 Å². The predicted molar refractivity (Wildman–Crippen MR) is 144 cm³/mol. The summed E-state index contributed by atoms with van der Waals surface area (Å²) in [6, 6.07) is 16.9. The minimum absolute atomic E-state index is 0.0842. The van der Waals surface area contributed by atoms with Crippen molar-refractivity contribution in [2.45, 2.75) is 43.5 Å². The van der Waals surface area contributed by atoms with Crippen LogP contribution in [0.2, 0.25) is 0 Å². The monoisotopic (exact) mass is 511 g/mol. The molecule has 2 aromatic carbocycles. The van der Waals surface area contributed by atoms with Crippen molar-refractivity contribution in [2.75, 3.05) is 39.0 Å². The lowest BCUT2D eigenvalue weighted by Gasteiger charge is -2.38. The summed E-state index contributed by atoms with van der Waals surface area (Å²) >= 11 is 0.